The van der Waals surface area contributed by atoms with Gasteiger partial charge in [-0.25, -0.2) is 4.79 Å². The lowest BCUT2D eigenvalue weighted by Crippen LogP contribution is -2.62. The second-order valence-electron chi connectivity index (χ2n) is 16.9. The summed E-state index contributed by atoms with van der Waals surface area (Å²) in [6.07, 6.45) is 1.39. The lowest BCUT2D eigenvalue weighted by Gasteiger charge is -2.38. The molecule has 14 nitrogen and oxygen atoms in total. The summed E-state index contributed by atoms with van der Waals surface area (Å²) in [6.45, 7) is 16.7. The van der Waals surface area contributed by atoms with Crippen LogP contribution in [-0.2, 0) is 28.8 Å². The van der Waals surface area contributed by atoms with E-state index in [1.165, 1.54) is 9.80 Å². The van der Waals surface area contributed by atoms with Crippen molar-refractivity contribution in [3.8, 4) is 0 Å². The Morgan fingerprint density at radius 2 is 1.54 bits per heavy atom. The van der Waals surface area contributed by atoms with Crippen LogP contribution in [0.2, 0.25) is 0 Å². The van der Waals surface area contributed by atoms with Crippen LogP contribution in [0.3, 0.4) is 0 Å². The first-order valence-electron chi connectivity index (χ1n) is 18.1. The number of Topliss-reactive ketones (excluding diaryl/α,β-unsaturated/α-hetero) is 1. The zero-order valence-corrected chi connectivity index (χ0v) is 32.6. The van der Waals surface area contributed by atoms with Gasteiger partial charge in [0.15, 0.2) is 0 Å². The molecule has 3 rings (SSSR count). The molecule has 1 aromatic carbocycles. The first-order valence-corrected chi connectivity index (χ1v) is 18.1. The number of likely N-dealkylation sites (N-methyl/N-ethyl adjacent to an activating group) is 1. The van der Waals surface area contributed by atoms with Crippen LogP contribution in [0.15, 0.2) is 30.3 Å². The number of nitrogens with one attached hydrogen (secondary N) is 5. The van der Waals surface area contributed by atoms with Crippen molar-refractivity contribution in [1.29, 1.82) is 0 Å². The van der Waals surface area contributed by atoms with Crippen LogP contribution in [0, 0.1) is 22.7 Å². The quantitative estimate of drug-likeness (QED) is 0.182. The number of unbranched alkanes of at least 4 members (excludes halogenated alkanes) is 1. The van der Waals surface area contributed by atoms with E-state index in [2.05, 4.69) is 26.6 Å². The van der Waals surface area contributed by atoms with Crippen LogP contribution in [0.4, 0.5) is 4.79 Å². The van der Waals surface area contributed by atoms with Gasteiger partial charge < -0.3 is 36.4 Å². The minimum absolute atomic E-state index is 0.0434. The highest BCUT2D eigenvalue weighted by Crippen LogP contribution is 2.65. The summed E-state index contributed by atoms with van der Waals surface area (Å²) < 4.78 is 0. The zero-order chi connectivity index (χ0) is 39.3. The van der Waals surface area contributed by atoms with Crippen LogP contribution in [-0.4, -0.2) is 102 Å². The van der Waals surface area contributed by atoms with Crippen LogP contribution < -0.4 is 26.6 Å². The van der Waals surface area contributed by atoms with Gasteiger partial charge in [-0.3, -0.25) is 28.8 Å². The van der Waals surface area contributed by atoms with Gasteiger partial charge in [0.25, 0.3) is 5.91 Å². The fourth-order valence-corrected chi connectivity index (χ4v) is 6.88. The maximum Gasteiger partial charge on any atom is 0.315 e. The second kappa shape index (κ2) is 16.5. The fourth-order valence-electron chi connectivity index (χ4n) is 6.88. The summed E-state index contributed by atoms with van der Waals surface area (Å²) in [5.74, 6) is -4.12. The first kappa shape index (κ1) is 41.9. The number of benzene rings is 1. The zero-order valence-electron chi connectivity index (χ0n) is 32.6. The predicted molar refractivity (Wildman–Crippen MR) is 196 cm³/mol. The Morgan fingerprint density at radius 3 is 2.08 bits per heavy atom. The normalized spacial score (nSPS) is 20.7. The molecule has 1 saturated heterocycles. The lowest BCUT2D eigenvalue weighted by molar-refractivity contribution is -0.145. The summed E-state index contributed by atoms with van der Waals surface area (Å²) >= 11 is 0. The second-order valence-corrected chi connectivity index (χ2v) is 16.9. The summed E-state index contributed by atoms with van der Waals surface area (Å²) in [5, 5.41) is 13.4. The summed E-state index contributed by atoms with van der Waals surface area (Å²) in [4.78, 5) is 96.4. The van der Waals surface area contributed by atoms with E-state index in [1.807, 2.05) is 62.3 Å². The monoisotopic (exact) mass is 725 g/mol. The molecule has 1 unspecified atom stereocenters. The number of rotatable bonds is 14. The molecule has 2 fully saturated rings. The number of likely N-dealkylation sites (tertiary alicyclic amines) is 1. The highest BCUT2D eigenvalue weighted by Gasteiger charge is 2.70. The molecular weight excluding hydrogens is 666 g/mol. The van der Waals surface area contributed by atoms with Crippen molar-refractivity contribution in [2.24, 2.45) is 22.7 Å². The summed E-state index contributed by atoms with van der Waals surface area (Å²) in [5.41, 5.74) is -0.909. The number of piperidine rings is 1. The Kier molecular flexibility index (Phi) is 13.3. The highest BCUT2D eigenvalue weighted by molar-refractivity contribution is 6.38. The molecule has 1 heterocycles. The molecule has 6 atom stereocenters. The summed E-state index contributed by atoms with van der Waals surface area (Å²) in [6, 6.07) is 4.08. The van der Waals surface area contributed by atoms with Crippen molar-refractivity contribution in [2.75, 3.05) is 27.2 Å². The van der Waals surface area contributed by atoms with Crippen molar-refractivity contribution >= 4 is 41.4 Å². The van der Waals surface area contributed by atoms with Gasteiger partial charge in [0.05, 0.1) is 12.6 Å². The van der Waals surface area contributed by atoms with E-state index in [0.717, 1.165) is 0 Å². The molecule has 52 heavy (non-hydrogen) atoms. The minimum Gasteiger partial charge on any atom is -0.347 e. The predicted octanol–water partition coefficient (Wildman–Crippen LogP) is 2.29. The van der Waals surface area contributed by atoms with Crippen LogP contribution >= 0.6 is 0 Å². The Balaban J connectivity index is 1.76. The molecule has 14 heteroatoms. The first-order chi connectivity index (χ1) is 24.0. The van der Waals surface area contributed by atoms with Gasteiger partial charge in [-0.05, 0) is 55.4 Å². The van der Waals surface area contributed by atoms with Crippen molar-refractivity contribution in [2.45, 2.75) is 111 Å². The van der Waals surface area contributed by atoms with Crippen molar-refractivity contribution in [1.82, 2.24) is 36.4 Å². The average Bonchev–Trinajstić information content (AvgIpc) is 3.35. The number of amides is 7. The van der Waals surface area contributed by atoms with Gasteiger partial charge in [-0.1, -0.05) is 84.7 Å². The van der Waals surface area contributed by atoms with Gasteiger partial charge in [-0.2, -0.15) is 0 Å². The SMILES string of the molecule is CCCCC(NC(=O)[C@@H]1[C@@H]2[C@H](CN1C(=O)[C@@H](NC(=O)NC(C)(C)C)C(C)(C)C)C2(C)C)C(=O)C(=O)NCC(=O)N[C@H](C(=O)N(C)C)c1ccccc1. The van der Waals surface area contributed by atoms with Crippen LogP contribution in [0.1, 0.15) is 93.2 Å². The molecule has 0 radical (unpaired) electrons. The standard InChI is InChI=1S/C38H59N7O7/c1-12-13-19-24(29(47)32(49)39-20-25(46)41-27(33(50)44(10)11)22-17-15-14-16-18-22)40-31(48)28-26-23(38(26,8)9)21-45(28)34(51)30(36(2,3)4)42-35(52)43-37(5,6)7/h14-18,23-24,26-28,30H,12-13,19-21H2,1-11H3,(H,39,49)(H,40,48)(H,41,46)(H2,42,43,52)/t23-,24?,26-,27-,28-,30+/m0/s1. The van der Waals surface area contributed by atoms with Gasteiger partial charge >= 0.3 is 6.03 Å². The smallest absolute Gasteiger partial charge is 0.315 e. The highest BCUT2D eigenvalue weighted by atomic mass is 16.2. The summed E-state index contributed by atoms with van der Waals surface area (Å²) in [7, 11) is 3.13. The maximum atomic E-state index is 14.2. The number of fused-ring (bicyclic) bond motifs is 1. The molecule has 0 aromatic heterocycles. The Bertz CT molecular complexity index is 1510. The third-order valence-electron chi connectivity index (χ3n) is 9.88. The van der Waals surface area contributed by atoms with Gasteiger partial charge in [0, 0.05) is 26.2 Å². The van der Waals surface area contributed by atoms with Crippen LogP contribution in [0.5, 0.6) is 0 Å². The van der Waals surface area contributed by atoms with E-state index in [4.69, 9.17) is 0 Å². The Labute approximate surface area is 307 Å². The maximum absolute atomic E-state index is 14.2. The molecule has 1 saturated carbocycles. The van der Waals surface area contributed by atoms with E-state index in [9.17, 15) is 33.6 Å². The van der Waals surface area contributed by atoms with E-state index >= 15 is 0 Å². The molecule has 2 aliphatic rings. The minimum atomic E-state index is -1.20. The molecule has 1 aliphatic heterocycles. The van der Waals surface area contributed by atoms with Gasteiger partial charge in [0.1, 0.15) is 18.1 Å². The van der Waals surface area contributed by atoms with Crippen molar-refractivity contribution < 1.29 is 33.6 Å². The number of urea groups is 1. The van der Waals surface area contributed by atoms with E-state index < -0.39 is 77.1 Å². The molecule has 0 bridgehead atoms. The molecule has 1 aromatic rings. The fraction of sp³-hybridized carbons (Fsp3) is 0.658. The van der Waals surface area contributed by atoms with E-state index in [0.29, 0.717) is 24.9 Å². The number of hydrogen-bond acceptors (Lipinski definition) is 7. The number of carbonyl (C=O) groups excluding carboxylic acids is 7. The largest absolute Gasteiger partial charge is 0.347 e. The Hall–Kier alpha value is -4.49. The van der Waals surface area contributed by atoms with E-state index in [1.54, 1.807) is 44.4 Å². The number of ketones is 1. The van der Waals surface area contributed by atoms with E-state index in [-0.39, 0.29) is 29.6 Å². The molecule has 5 N–H and O–H groups in total. The van der Waals surface area contributed by atoms with Gasteiger partial charge in [0.2, 0.25) is 29.4 Å². The Morgan fingerprint density at radius 1 is 0.923 bits per heavy atom. The molecular formula is C38H59N7O7. The number of carbonyl (C=O) groups is 7. The molecule has 0 spiro atoms. The molecule has 7 amide bonds. The molecule has 1 aliphatic carbocycles. The number of nitrogens with zero attached hydrogens (tertiary/aromatic N) is 2. The van der Waals surface area contributed by atoms with Crippen molar-refractivity contribution in [3.05, 3.63) is 35.9 Å². The third-order valence-corrected chi connectivity index (χ3v) is 9.88. The molecule has 288 valence electrons. The topological polar surface area (TPSA) is 186 Å². The van der Waals surface area contributed by atoms with Crippen LogP contribution in [0.25, 0.3) is 0 Å². The third kappa shape index (κ3) is 10.3. The van der Waals surface area contributed by atoms with Crippen molar-refractivity contribution in [3.63, 3.8) is 0 Å². The number of hydrogen-bond donors (Lipinski definition) is 5. The van der Waals surface area contributed by atoms with Gasteiger partial charge in [-0.15, -0.1) is 0 Å². The lowest BCUT2D eigenvalue weighted by atomic mass is 9.85. The average molecular weight is 726 g/mol.